The van der Waals surface area contributed by atoms with Gasteiger partial charge in [-0.2, -0.15) is 0 Å². The summed E-state index contributed by atoms with van der Waals surface area (Å²) in [6.45, 7) is 0.433. The van der Waals surface area contributed by atoms with E-state index in [0.29, 0.717) is 23.1 Å². The number of hydrogen-bond acceptors (Lipinski definition) is 3. The normalized spacial score (nSPS) is 10.5. The second-order valence-electron chi connectivity index (χ2n) is 5.19. The predicted molar refractivity (Wildman–Crippen MR) is 97.3 cm³/mol. The highest BCUT2D eigenvalue weighted by Gasteiger charge is 2.15. The molecule has 122 valence electrons. The van der Waals surface area contributed by atoms with Crippen molar-refractivity contribution in [2.24, 2.45) is 0 Å². The Morgan fingerprint density at radius 2 is 1.79 bits per heavy atom. The van der Waals surface area contributed by atoms with Crippen LogP contribution in [0.4, 0.5) is 0 Å². The van der Waals surface area contributed by atoms with E-state index in [1.807, 2.05) is 48.5 Å². The van der Waals surface area contributed by atoms with Gasteiger partial charge in [0.25, 0.3) is 5.91 Å². The minimum absolute atomic E-state index is 0.210. The quantitative estimate of drug-likeness (QED) is 0.620. The van der Waals surface area contributed by atoms with E-state index in [0.717, 1.165) is 16.0 Å². The fourth-order valence-corrected chi connectivity index (χ4v) is 3.22. The highest BCUT2D eigenvalue weighted by molar-refractivity contribution is 7.98. The van der Waals surface area contributed by atoms with Crippen LogP contribution < -0.4 is 5.32 Å². The Kier molecular flexibility index (Phi) is 5.62. The van der Waals surface area contributed by atoms with Crippen LogP contribution in [0.15, 0.2) is 76.2 Å². The molecule has 0 fully saturated rings. The van der Waals surface area contributed by atoms with Gasteiger partial charge in [-0.15, -0.1) is 11.8 Å². The highest BCUT2D eigenvalue weighted by Crippen LogP contribution is 2.24. The molecule has 2 aromatic carbocycles. The third-order valence-corrected chi connectivity index (χ3v) is 4.77. The van der Waals surface area contributed by atoms with E-state index >= 15 is 0 Å². The number of amides is 1. The van der Waals surface area contributed by atoms with Crippen molar-refractivity contribution >= 4 is 29.3 Å². The highest BCUT2D eigenvalue weighted by atomic mass is 35.5. The predicted octanol–water partition coefficient (Wildman–Crippen LogP) is 5.16. The van der Waals surface area contributed by atoms with E-state index in [2.05, 4.69) is 5.32 Å². The molecule has 1 amide bonds. The molecule has 0 atom stereocenters. The molecule has 5 heteroatoms. The van der Waals surface area contributed by atoms with E-state index in [1.165, 1.54) is 0 Å². The maximum absolute atomic E-state index is 12.3. The van der Waals surface area contributed by atoms with Crippen molar-refractivity contribution in [3.05, 3.63) is 88.8 Å². The van der Waals surface area contributed by atoms with Crippen molar-refractivity contribution in [1.82, 2.24) is 5.32 Å². The van der Waals surface area contributed by atoms with Crippen LogP contribution in [0, 0.1) is 0 Å². The van der Waals surface area contributed by atoms with Crippen molar-refractivity contribution in [3.8, 4) is 0 Å². The summed E-state index contributed by atoms with van der Waals surface area (Å²) < 4.78 is 5.38. The summed E-state index contributed by atoms with van der Waals surface area (Å²) in [5.41, 5.74) is 1.87. The number of nitrogens with one attached hydrogen (secondary N) is 1. The molecule has 0 bridgehead atoms. The largest absolute Gasteiger partial charge is 0.459 e. The van der Waals surface area contributed by atoms with Gasteiger partial charge in [0.2, 0.25) is 0 Å². The molecule has 1 N–H and O–H groups in total. The first-order valence-corrected chi connectivity index (χ1v) is 8.85. The summed E-state index contributed by atoms with van der Waals surface area (Å²) in [7, 11) is 0. The molecule has 0 saturated heterocycles. The molecule has 0 aliphatic rings. The number of carbonyl (C=O) groups is 1. The summed E-state index contributed by atoms with van der Waals surface area (Å²) in [4.78, 5) is 13.5. The van der Waals surface area contributed by atoms with Crippen molar-refractivity contribution < 1.29 is 9.21 Å². The first-order valence-electron chi connectivity index (χ1n) is 7.49. The number of furan rings is 1. The number of halogens is 1. The molecular weight excluding hydrogens is 342 g/mol. The zero-order valence-corrected chi connectivity index (χ0v) is 14.4. The van der Waals surface area contributed by atoms with Gasteiger partial charge in [0.15, 0.2) is 5.76 Å². The number of benzene rings is 2. The molecule has 0 saturated carbocycles. The Morgan fingerprint density at radius 3 is 2.54 bits per heavy atom. The van der Waals surface area contributed by atoms with Gasteiger partial charge >= 0.3 is 0 Å². The van der Waals surface area contributed by atoms with Crippen molar-refractivity contribution in [1.29, 1.82) is 0 Å². The van der Waals surface area contributed by atoms with Crippen LogP contribution >= 0.6 is 23.4 Å². The SMILES string of the molecule is O=C(NCc1ccc(Cl)cc1)c1occc1CSc1ccccc1. The van der Waals surface area contributed by atoms with Gasteiger partial charge < -0.3 is 9.73 Å². The third-order valence-electron chi connectivity index (χ3n) is 3.46. The molecule has 0 aliphatic carbocycles. The molecule has 1 aromatic heterocycles. The van der Waals surface area contributed by atoms with Crippen LogP contribution in [0.25, 0.3) is 0 Å². The first-order chi connectivity index (χ1) is 11.7. The lowest BCUT2D eigenvalue weighted by atomic mass is 10.2. The smallest absolute Gasteiger partial charge is 0.287 e. The average molecular weight is 358 g/mol. The Bertz CT molecular complexity index is 800. The van der Waals surface area contributed by atoms with Gasteiger partial charge in [0.1, 0.15) is 0 Å². The van der Waals surface area contributed by atoms with E-state index in [4.69, 9.17) is 16.0 Å². The average Bonchev–Trinajstić information content (AvgIpc) is 3.09. The second-order valence-corrected chi connectivity index (χ2v) is 6.67. The van der Waals surface area contributed by atoms with E-state index in [1.54, 1.807) is 30.2 Å². The fraction of sp³-hybridized carbons (Fsp3) is 0.105. The molecule has 3 nitrogen and oxygen atoms in total. The number of rotatable bonds is 6. The standard InChI is InChI=1S/C19H16ClNO2S/c20-16-8-6-14(7-9-16)12-21-19(22)18-15(10-11-23-18)13-24-17-4-2-1-3-5-17/h1-11H,12-13H2,(H,21,22). The maximum Gasteiger partial charge on any atom is 0.287 e. The Morgan fingerprint density at radius 1 is 1.04 bits per heavy atom. The second kappa shape index (κ2) is 8.08. The number of hydrogen-bond donors (Lipinski definition) is 1. The van der Waals surface area contributed by atoms with Crippen LogP contribution in [0.5, 0.6) is 0 Å². The molecule has 1 heterocycles. The van der Waals surface area contributed by atoms with Crippen molar-refractivity contribution in [2.45, 2.75) is 17.2 Å². The van der Waals surface area contributed by atoms with E-state index in [9.17, 15) is 4.79 Å². The lowest BCUT2D eigenvalue weighted by molar-refractivity contribution is 0.0922. The minimum Gasteiger partial charge on any atom is -0.459 e. The monoisotopic (exact) mass is 357 g/mol. The van der Waals surface area contributed by atoms with E-state index in [-0.39, 0.29) is 5.91 Å². The molecule has 0 radical (unpaired) electrons. The lowest BCUT2D eigenvalue weighted by Gasteiger charge is -2.06. The van der Waals surface area contributed by atoms with Crippen LogP contribution in [0.3, 0.4) is 0 Å². The van der Waals surface area contributed by atoms with Crippen LogP contribution in [0.2, 0.25) is 5.02 Å². The third kappa shape index (κ3) is 4.43. The van der Waals surface area contributed by atoms with Crippen molar-refractivity contribution in [3.63, 3.8) is 0 Å². The molecular formula is C19H16ClNO2S. The fourth-order valence-electron chi connectivity index (χ4n) is 2.19. The minimum atomic E-state index is -0.210. The first kappa shape index (κ1) is 16.7. The van der Waals surface area contributed by atoms with Crippen molar-refractivity contribution in [2.75, 3.05) is 0 Å². The van der Waals surface area contributed by atoms with Gasteiger partial charge in [-0.3, -0.25) is 4.79 Å². The molecule has 0 spiro atoms. The molecule has 3 aromatic rings. The van der Waals surface area contributed by atoms with E-state index < -0.39 is 0 Å². The van der Waals surface area contributed by atoms with Gasteiger partial charge in [-0.05, 0) is 35.9 Å². The zero-order valence-electron chi connectivity index (χ0n) is 12.9. The molecule has 0 aliphatic heterocycles. The summed E-state index contributed by atoms with van der Waals surface area (Å²) in [6.07, 6.45) is 1.55. The van der Waals surface area contributed by atoms with Crippen LogP contribution in [-0.4, -0.2) is 5.91 Å². The Balaban J connectivity index is 1.59. The topological polar surface area (TPSA) is 42.2 Å². The Hall–Kier alpha value is -2.17. The summed E-state index contributed by atoms with van der Waals surface area (Å²) in [5.74, 6) is 0.843. The van der Waals surface area contributed by atoms with Gasteiger partial charge in [-0.1, -0.05) is 41.9 Å². The van der Waals surface area contributed by atoms with Gasteiger partial charge in [0.05, 0.1) is 6.26 Å². The van der Waals surface area contributed by atoms with Gasteiger partial charge in [0, 0.05) is 27.8 Å². The van der Waals surface area contributed by atoms with Gasteiger partial charge in [-0.25, -0.2) is 0 Å². The maximum atomic E-state index is 12.3. The summed E-state index contributed by atoms with van der Waals surface area (Å²) >= 11 is 7.53. The molecule has 24 heavy (non-hydrogen) atoms. The molecule has 0 unspecified atom stereocenters. The number of carbonyl (C=O) groups excluding carboxylic acids is 1. The summed E-state index contributed by atoms with van der Waals surface area (Å²) in [6, 6.07) is 19.3. The molecule has 3 rings (SSSR count). The Labute approximate surface area is 150 Å². The lowest BCUT2D eigenvalue weighted by Crippen LogP contribution is -2.23. The zero-order chi connectivity index (χ0) is 16.8. The van der Waals surface area contributed by atoms with Crippen LogP contribution in [-0.2, 0) is 12.3 Å². The number of thioether (sulfide) groups is 1. The van der Waals surface area contributed by atoms with Crippen LogP contribution in [0.1, 0.15) is 21.7 Å². The summed E-state index contributed by atoms with van der Waals surface area (Å²) in [5, 5.41) is 3.55.